The fourth-order valence-electron chi connectivity index (χ4n) is 1.94. The van der Waals surface area contributed by atoms with Crippen molar-refractivity contribution in [3.63, 3.8) is 0 Å². The SMILES string of the molecule is C#Cc1cc(C)nc(N2CCC(C(F)F)C2)n1. The summed E-state index contributed by atoms with van der Waals surface area (Å²) in [6.07, 6.45) is 3.47. The Hall–Kier alpha value is -1.70. The van der Waals surface area contributed by atoms with Crippen molar-refractivity contribution in [1.82, 2.24) is 9.97 Å². The zero-order chi connectivity index (χ0) is 12.4. The number of aryl methyl sites for hydroxylation is 1. The minimum Gasteiger partial charge on any atom is -0.340 e. The first-order valence-corrected chi connectivity index (χ1v) is 5.45. The number of halogens is 2. The highest BCUT2D eigenvalue weighted by molar-refractivity contribution is 5.38. The number of rotatable bonds is 2. The standard InChI is InChI=1S/C12H13F2N3/c1-3-10-6-8(2)15-12(16-10)17-5-4-9(7-17)11(13)14/h1,6,9,11H,4-5,7H2,2H3. The van der Waals surface area contributed by atoms with Crippen molar-refractivity contribution in [2.45, 2.75) is 19.8 Å². The van der Waals surface area contributed by atoms with Crippen molar-refractivity contribution in [1.29, 1.82) is 0 Å². The van der Waals surface area contributed by atoms with E-state index in [1.54, 1.807) is 11.0 Å². The van der Waals surface area contributed by atoms with Gasteiger partial charge in [0.05, 0.1) is 0 Å². The minimum atomic E-state index is -2.28. The molecule has 0 bridgehead atoms. The van der Waals surface area contributed by atoms with E-state index < -0.39 is 12.3 Å². The van der Waals surface area contributed by atoms with Crippen LogP contribution in [0.3, 0.4) is 0 Å². The van der Waals surface area contributed by atoms with E-state index in [1.807, 2.05) is 6.92 Å². The highest BCUT2D eigenvalue weighted by Crippen LogP contribution is 2.25. The molecule has 1 aliphatic rings. The van der Waals surface area contributed by atoms with Gasteiger partial charge in [-0.05, 0) is 19.4 Å². The fourth-order valence-corrected chi connectivity index (χ4v) is 1.94. The van der Waals surface area contributed by atoms with Crippen LogP contribution < -0.4 is 4.90 Å². The molecule has 1 saturated heterocycles. The molecule has 2 rings (SSSR count). The summed E-state index contributed by atoms with van der Waals surface area (Å²) in [6.45, 7) is 2.67. The smallest absolute Gasteiger partial charge is 0.243 e. The molecule has 0 aliphatic carbocycles. The molecular weight excluding hydrogens is 224 g/mol. The first-order chi connectivity index (χ1) is 8.10. The van der Waals surface area contributed by atoms with Gasteiger partial charge in [0, 0.05) is 24.7 Å². The zero-order valence-electron chi connectivity index (χ0n) is 9.53. The van der Waals surface area contributed by atoms with E-state index in [9.17, 15) is 8.78 Å². The van der Waals surface area contributed by atoms with Gasteiger partial charge in [-0.2, -0.15) is 0 Å². The Labute approximate surface area is 98.9 Å². The van der Waals surface area contributed by atoms with Crippen LogP contribution in [0.1, 0.15) is 17.8 Å². The normalized spacial score (nSPS) is 19.7. The van der Waals surface area contributed by atoms with Gasteiger partial charge in [0.1, 0.15) is 5.69 Å². The lowest BCUT2D eigenvalue weighted by molar-refractivity contribution is 0.0879. The molecule has 0 saturated carbocycles. The molecule has 0 N–H and O–H groups in total. The molecule has 2 heterocycles. The highest BCUT2D eigenvalue weighted by atomic mass is 19.3. The zero-order valence-corrected chi connectivity index (χ0v) is 9.53. The second-order valence-electron chi connectivity index (χ2n) is 4.17. The third-order valence-corrected chi connectivity index (χ3v) is 2.85. The van der Waals surface area contributed by atoms with Crippen molar-refractivity contribution in [3.8, 4) is 12.3 Å². The van der Waals surface area contributed by atoms with Gasteiger partial charge < -0.3 is 4.90 Å². The first-order valence-electron chi connectivity index (χ1n) is 5.45. The van der Waals surface area contributed by atoms with E-state index in [4.69, 9.17) is 6.42 Å². The van der Waals surface area contributed by atoms with Crippen molar-refractivity contribution in [3.05, 3.63) is 17.5 Å². The fraction of sp³-hybridized carbons (Fsp3) is 0.500. The number of anilines is 1. The summed E-state index contributed by atoms with van der Waals surface area (Å²) in [4.78, 5) is 10.2. The third-order valence-electron chi connectivity index (χ3n) is 2.85. The monoisotopic (exact) mass is 237 g/mol. The Morgan fingerprint density at radius 3 is 2.88 bits per heavy atom. The molecule has 1 fully saturated rings. The predicted octanol–water partition coefficient (Wildman–Crippen LogP) is 1.86. The maximum absolute atomic E-state index is 12.6. The van der Waals surface area contributed by atoms with Crippen LogP contribution in [0, 0.1) is 25.2 Å². The lowest BCUT2D eigenvalue weighted by Gasteiger charge is -2.16. The molecule has 0 spiro atoms. The summed E-state index contributed by atoms with van der Waals surface area (Å²) in [5.41, 5.74) is 1.25. The van der Waals surface area contributed by atoms with Gasteiger partial charge in [0.2, 0.25) is 12.4 Å². The molecular formula is C12H13F2N3. The molecule has 90 valence electrons. The van der Waals surface area contributed by atoms with E-state index in [2.05, 4.69) is 15.9 Å². The quantitative estimate of drug-likeness (QED) is 0.735. The number of nitrogens with zero attached hydrogens (tertiary/aromatic N) is 3. The van der Waals surface area contributed by atoms with Crippen molar-refractivity contribution in [2.24, 2.45) is 5.92 Å². The van der Waals surface area contributed by atoms with Crippen LogP contribution in [-0.2, 0) is 0 Å². The van der Waals surface area contributed by atoms with Gasteiger partial charge in [-0.25, -0.2) is 18.7 Å². The van der Waals surface area contributed by atoms with Crippen molar-refractivity contribution in [2.75, 3.05) is 18.0 Å². The van der Waals surface area contributed by atoms with Crippen LogP contribution in [0.2, 0.25) is 0 Å². The number of hydrogen-bond donors (Lipinski definition) is 0. The summed E-state index contributed by atoms with van der Waals surface area (Å²) in [5, 5.41) is 0. The Morgan fingerprint density at radius 2 is 2.29 bits per heavy atom. The van der Waals surface area contributed by atoms with Crippen LogP contribution in [0.15, 0.2) is 6.07 Å². The van der Waals surface area contributed by atoms with Gasteiger partial charge in [-0.1, -0.05) is 5.92 Å². The summed E-state index contributed by atoms with van der Waals surface area (Å²) in [5.74, 6) is 2.31. The average Bonchev–Trinajstić information content (AvgIpc) is 2.77. The summed E-state index contributed by atoms with van der Waals surface area (Å²) in [7, 11) is 0. The Kier molecular flexibility index (Phi) is 3.23. The van der Waals surface area contributed by atoms with E-state index >= 15 is 0 Å². The average molecular weight is 237 g/mol. The highest BCUT2D eigenvalue weighted by Gasteiger charge is 2.30. The molecule has 5 heteroatoms. The first kappa shape index (κ1) is 11.8. The topological polar surface area (TPSA) is 29.0 Å². The third kappa shape index (κ3) is 2.52. The number of hydrogen-bond acceptors (Lipinski definition) is 3. The van der Waals surface area contributed by atoms with Gasteiger partial charge in [0.15, 0.2) is 0 Å². The second-order valence-corrected chi connectivity index (χ2v) is 4.17. The van der Waals surface area contributed by atoms with Crippen LogP contribution in [0.5, 0.6) is 0 Å². The maximum atomic E-state index is 12.6. The molecule has 1 unspecified atom stereocenters. The van der Waals surface area contributed by atoms with Crippen LogP contribution in [0.4, 0.5) is 14.7 Å². The van der Waals surface area contributed by atoms with Crippen LogP contribution in [0.25, 0.3) is 0 Å². The summed E-state index contributed by atoms with van der Waals surface area (Å²) < 4.78 is 25.1. The largest absolute Gasteiger partial charge is 0.340 e. The molecule has 1 aromatic rings. The van der Waals surface area contributed by atoms with Crippen molar-refractivity contribution < 1.29 is 8.78 Å². The van der Waals surface area contributed by atoms with Gasteiger partial charge in [-0.15, -0.1) is 6.42 Å². The molecule has 1 aliphatic heterocycles. The van der Waals surface area contributed by atoms with Gasteiger partial charge in [-0.3, -0.25) is 0 Å². The molecule has 1 atom stereocenters. The molecule has 0 amide bonds. The Balaban J connectivity index is 2.19. The Bertz CT molecular complexity index is 454. The van der Waals surface area contributed by atoms with Crippen LogP contribution in [-0.4, -0.2) is 29.5 Å². The lowest BCUT2D eigenvalue weighted by atomic mass is 10.1. The summed E-state index contributed by atoms with van der Waals surface area (Å²) >= 11 is 0. The number of terminal acetylenes is 1. The predicted molar refractivity (Wildman–Crippen MR) is 61.0 cm³/mol. The molecule has 0 radical (unpaired) electrons. The molecule has 3 nitrogen and oxygen atoms in total. The molecule has 17 heavy (non-hydrogen) atoms. The maximum Gasteiger partial charge on any atom is 0.243 e. The number of alkyl halides is 2. The minimum absolute atomic E-state index is 0.297. The second kappa shape index (κ2) is 4.66. The van der Waals surface area contributed by atoms with E-state index in [1.165, 1.54) is 0 Å². The molecule has 0 aromatic carbocycles. The van der Waals surface area contributed by atoms with E-state index in [0.29, 0.717) is 31.2 Å². The van der Waals surface area contributed by atoms with Gasteiger partial charge in [0.25, 0.3) is 0 Å². The molecule has 1 aromatic heterocycles. The lowest BCUT2D eigenvalue weighted by Crippen LogP contribution is -2.24. The van der Waals surface area contributed by atoms with Crippen molar-refractivity contribution >= 4 is 5.95 Å². The number of aromatic nitrogens is 2. The van der Waals surface area contributed by atoms with E-state index in [-0.39, 0.29) is 0 Å². The van der Waals surface area contributed by atoms with E-state index in [0.717, 1.165) is 5.69 Å². The Morgan fingerprint density at radius 1 is 1.53 bits per heavy atom. The summed E-state index contributed by atoms with van der Waals surface area (Å²) in [6, 6.07) is 1.70. The van der Waals surface area contributed by atoms with Gasteiger partial charge >= 0.3 is 0 Å². The van der Waals surface area contributed by atoms with Crippen LogP contribution >= 0.6 is 0 Å².